The summed E-state index contributed by atoms with van der Waals surface area (Å²) in [5.41, 5.74) is 2.55. The molecule has 2 rings (SSSR count). The highest BCUT2D eigenvalue weighted by molar-refractivity contribution is 5.84. The molecule has 0 saturated carbocycles. The minimum atomic E-state index is 0.256. The Balaban J connectivity index is 2.13. The van der Waals surface area contributed by atoms with Crippen LogP contribution in [0.15, 0.2) is 24.4 Å². The molecule has 1 heterocycles. The third kappa shape index (κ3) is 4.50. The first kappa shape index (κ1) is 15.9. The van der Waals surface area contributed by atoms with Gasteiger partial charge in [0.2, 0.25) is 0 Å². The summed E-state index contributed by atoms with van der Waals surface area (Å²) in [5.74, 6) is 1.63. The summed E-state index contributed by atoms with van der Waals surface area (Å²) in [4.78, 5) is 5.56. The van der Waals surface area contributed by atoms with Crippen LogP contribution in [-0.2, 0) is 6.42 Å². The van der Waals surface area contributed by atoms with Gasteiger partial charge < -0.3 is 14.6 Å². The van der Waals surface area contributed by atoms with Crippen molar-refractivity contribution >= 4 is 10.9 Å². The summed E-state index contributed by atoms with van der Waals surface area (Å²) >= 11 is 0. The third-order valence-electron chi connectivity index (χ3n) is 3.71. The molecule has 1 aromatic heterocycles. The van der Waals surface area contributed by atoms with Crippen LogP contribution in [0.3, 0.4) is 0 Å². The number of rotatable bonds is 7. The van der Waals surface area contributed by atoms with Crippen molar-refractivity contribution in [2.45, 2.75) is 39.7 Å². The Morgan fingerprint density at radius 2 is 1.95 bits per heavy atom. The number of benzene rings is 1. The number of nitrogens with zero attached hydrogens (tertiary/aromatic N) is 1. The predicted octanol–water partition coefficient (Wildman–Crippen LogP) is 4.09. The second-order valence-corrected chi connectivity index (χ2v) is 6.63. The van der Waals surface area contributed by atoms with Gasteiger partial charge in [0.1, 0.15) is 5.75 Å². The number of ether oxygens (including phenoxy) is 1. The zero-order valence-electron chi connectivity index (χ0n) is 13.9. The van der Waals surface area contributed by atoms with Crippen LogP contribution in [-0.4, -0.2) is 36.6 Å². The normalized spacial score (nSPS) is 13.3. The van der Waals surface area contributed by atoms with Gasteiger partial charge in [-0.15, -0.1) is 0 Å². The maximum Gasteiger partial charge on any atom is 0.120 e. The Morgan fingerprint density at radius 1 is 1.19 bits per heavy atom. The fourth-order valence-corrected chi connectivity index (χ4v) is 2.73. The van der Waals surface area contributed by atoms with Crippen LogP contribution in [0.1, 0.15) is 32.8 Å². The van der Waals surface area contributed by atoms with Crippen LogP contribution in [0, 0.1) is 5.92 Å². The lowest BCUT2D eigenvalue weighted by molar-refractivity contribution is 0.193. The lowest BCUT2D eigenvalue weighted by Gasteiger charge is -2.16. The molecule has 0 amide bonds. The summed E-state index contributed by atoms with van der Waals surface area (Å²) in [6.07, 6.45) is 4.51. The number of aromatic nitrogens is 1. The second-order valence-electron chi connectivity index (χ2n) is 6.63. The minimum Gasteiger partial charge on any atom is -0.491 e. The molecule has 0 radical (unpaired) electrons. The van der Waals surface area contributed by atoms with Crippen LogP contribution >= 0.6 is 0 Å². The Hall–Kier alpha value is -1.48. The SMILES string of the molecule is CC(C)CC(C)Oc1ccc2[nH]cc(CCN(C)C)c2c1. The Labute approximate surface area is 128 Å². The van der Waals surface area contributed by atoms with Crippen LogP contribution in [0.2, 0.25) is 0 Å². The molecule has 1 atom stereocenters. The molecule has 3 heteroatoms. The van der Waals surface area contributed by atoms with Gasteiger partial charge in [0, 0.05) is 23.6 Å². The smallest absolute Gasteiger partial charge is 0.120 e. The summed E-state index contributed by atoms with van der Waals surface area (Å²) in [7, 11) is 4.22. The van der Waals surface area contributed by atoms with E-state index >= 15 is 0 Å². The molecule has 1 aromatic carbocycles. The Bertz CT molecular complexity index is 572. The summed E-state index contributed by atoms with van der Waals surface area (Å²) in [6, 6.07) is 6.35. The van der Waals surface area contributed by atoms with E-state index in [2.05, 4.69) is 69.1 Å². The van der Waals surface area contributed by atoms with E-state index in [1.165, 1.54) is 16.5 Å². The Morgan fingerprint density at radius 3 is 2.62 bits per heavy atom. The first-order valence-corrected chi connectivity index (χ1v) is 7.87. The van der Waals surface area contributed by atoms with Gasteiger partial charge in [-0.25, -0.2) is 0 Å². The molecule has 21 heavy (non-hydrogen) atoms. The maximum atomic E-state index is 6.06. The van der Waals surface area contributed by atoms with E-state index in [-0.39, 0.29) is 6.10 Å². The van der Waals surface area contributed by atoms with Crippen molar-refractivity contribution in [1.29, 1.82) is 0 Å². The maximum absolute atomic E-state index is 6.06. The van der Waals surface area contributed by atoms with Gasteiger partial charge in [-0.1, -0.05) is 13.8 Å². The van der Waals surface area contributed by atoms with Crippen molar-refractivity contribution in [1.82, 2.24) is 9.88 Å². The van der Waals surface area contributed by atoms with Gasteiger partial charge >= 0.3 is 0 Å². The molecule has 0 bridgehead atoms. The van der Waals surface area contributed by atoms with Gasteiger partial charge in [0.15, 0.2) is 0 Å². The lowest BCUT2D eigenvalue weighted by Crippen LogP contribution is -2.15. The predicted molar refractivity (Wildman–Crippen MR) is 90.1 cm³/mol. The quantitative estimate of drug-likeness (QED) is 0.831. The summed E-state index contributed by atoms with van der Waals surface area (Å²) < 4.78 is 6.06. The number of nitrogens with one attached hydrogen (secondary N) is 1. The summed E-state index contributed by atoms with van der Waals surface area (Å²) in [6.45, 7) is 7.67. The van der Waals surface area contributed by atoms with Crippen molar-refractivity contribution in [2.24, 2.45) is 5.92 Å². The average Bonchev–Trinajstić information content (AvgIpc) is 2.77. The van der Waals surface area contributed by atoms with Crippen LogP contribution < -0.4 is 4.74 Å². The zero-order chi connectivity index (χ0) is 15.4. The topological polar surface area (TPSA) is 28.3 Å². The van der Waals surface area contributed by atoms with Gasteiger partial charge in [-0.3, -0.25) is 0 Å². The lowest BCUT2D eigenvalue weighted by atomic mass is 10.1. The zero-order valence-corrected chi connectivity index (χ0v) is 13.9. The number of hydrogen-bond acceptors (Lipinski definition) is 2. The standard InChI is InChI=1S/C18H28N2O/c1-13(2)10-14(3)21-16-6-7-18-17(11-16)15(12-19-18)8-9-20(4)5/h6-7,11-14,19H,8-10H2,1-5H3. The first-order valence-electron chi connectivity index (χ1n) is 7.87. The average molecular weight is 288 g/mol. The first-order chi connectivity index (χ1) is 9.95. The van der Waals surface area contributed by atoms with E-state index in [1.807, 2.05) is 0 Å². The number of fused-ring (bicyclic) bond motifs is 1. The highest BCUT2D eigenvalue weighted by Crippen LogP contribution is 2.25. The molecule has 0 saturated heterocycles. The third-order valence-corrected chi connectivity index (χ3v) is 3.71. The number of hydrogen-bond donors (Lipinski definition) is 1. The Kier molecular flexibility index (Phi) is 5.29. The van der Waals surface area contributed by atoms with E-state index < -0.39 is 0 Å². The molecule has 2 aromatic rings. The molecule has 0 aliphatic rings. The fraction of sp³-hybridized carbons (Fsp3) is 0.556. The van der Waals surface area contributed by atoms with E-state index in [9.17, 15) is 0 Å². The van der Waals surface area contributed by atoms with E-state index in [4.69, 9.17) is 4.74 Å². The van der Waals surface area contributed by atoms with Crippen LogP contribution in [0.5, 0.6) is 5.75 Å². The molecule has 3 nitrogen and oxygen atoms in total. The van der Waals surface area contributed by atoms with E-state index in [1.54, 1.807) is 0 Å². The van der Waals surface area contributed by atoms with Gasteiger partial charge in [0.25, 0.3) is 0 Å². The van der Waals surface area contributed by atoms with Crippen LogP contribution in [0.25, 0.3) is 10.9 Å². The molecule has 0 aliphatic heterocycles. The van der Waals surface area contributed by atoms with Crippen molar-refractivity contribution < 1.29 is 4.74 Å². The summed E-state index contributed by atoms with van der Waals surface area (Å²) in [5, 5.41) is 1.28. The molecule has 0 aliphatic carbocycles. The van der Waals surface area contributed by atoms with Crippen molar-refractivity contribution in [2.75, 3.05) is 20.6 Å². The largest absolute Gasteiger partial charge is 0.491 e. The number of H-pyrrole nitrogens is 1. The minimum absolute atomic E-state index is 0.256. The monoisotopic (exact) mass is 288 g/mol. The number of likely N-dealkylation sites (N-methyl/N-ethyl adjacent to an activating group) is 1. The fourth-order valence-electron chi connectivity index (χ4n) is 2.73. The molecular formula is C18H28N2O. The van der Waals surface area contributed by atoms with Gasteiger partial charge in [0.05, 0.1) is 6.10 Å². The van der Waals surface area contributed by atoms with E-state index in [0.717, 1.165) is 25.1 Å². The van der Waals surface area contributed by atoms with Crippen molar-refractivity contribution in [3.63, 3.8) is 0 Å². The second kappa shape index (κ2) is 6.99. The molecule has 1 unspecified atom stereocenters. The molecular weight excluding hydrogens is 260 g/mol. The van der Waals surface area contributed by atoms with Gasteiger partial charge in [-0.2, -0.15) is 0 Å². The molecule has 116 valence electrons. The van der Waals surface area contributed by atoms with E-state index in [0.29, 0.717) is 5.92 Å². The van der Waals surface area contributed by atoms with Crippen LogP contribution in [0.4, 0.5) is 0 Å². The molecule has 0 spiro atoms. The van der Waals surface area contributed by atoms with Gasteiger partial charge in [-0.05, 0) is 63.5 Å². The highest BCUT2D eigenvalue weighted by atomic mass is 16.5. The highest BCUT2D eigenvalue weighted by Gasteiger charge is 2.09. The number of aromatic amines is 1. The van der Waals surface area contributed by atoms with Crippen molar-refractivity contribution in [3.8, 4) is 5.75 Å². The molecule has 1 N–H and O–H groups in total. The van der Waals surface area contributed by atoms with Crippen molar-refractivity contribution in [3.05, 3.63) is 30.0 Å². The molecule has 0 fully saturated rings.